The minimum atomic E-state index is -4.30. The molecule has 300 valence electrons. The molecular formula is C43H76NO7P. The van der Waals surface area contributed by atoms with E-state index in [1.807, 2.05) is 6.08 Å². The number of hydrogen-bond acceptors (Lipinski definition) is 7. The molecule has 0 saturated heterocycles. The summed E-state index contributed by atoms with van der Waals surface area (Å²) in [7, 11) is -4.30. The number of carbonyl (C=O) groups excluding carboxylic acids is 1. The molecule has 8 nitrogen and oxygen atoms in total. The van der Waals surface area contributed by atoms with Gasteiger partial charge in [0, 0.05) is 13.0 Å². The Bertz CT molecular complexity index is 1020. The van der Waals surface area contributed by atoms with E-state index < -0.39 is 13.9 Å². The third kappa shape index (κ3) is 39.0. The SMILES string of the molecule is CCC=CCC=CCC=CCC=CCC=CCCCCCC(=O)OC(COC=CCCCCCCCCCCCCCC)COP(=O)(O)OCCN. The molecule has 0 aliphatic carbocycles. The Morgan fingerprint density at radius 1 is 0.615 bits per heavy atom. The highest BCUT2D eigenvalue weighted by atomic mass is 31.2. The summed E-state index contributed by atoms with van der Waals surface area (Å²) in [5.41, 5.74) is 5.35. The second-order valence-corrected chi connectivity index (χ2v) is 14.6. The maximum atomic E-state index is 12.5. The van der Waals surface area contributed by atoms with Crippen LogP contribution in [0.5, 0.6) is 0 Å². The van der Waals surface area contributed by atoms with Crippen molar-refractivity contribution in [2.75, 3.05) is 26.4 Å². The zero-order valence-electron chi connectivity index (χ0n) is 33.0. The summed E-state index contributed by atoms with van der Waals surface area (Å²) in [6.07, 6.45) is 50.1. The molecule has 0 radical (unpaired) electrons. The summed E-state index contributed by atoms with van der Waals surface area (Å²) in [6.45, 7) is 4.07. The summed E-state index contributed by atoms with van der Waals surface area (Å²) in [5, 5.41) is 0. The number of hydrogen-bond donors (Lipinski definition) is 2. The van der Waals surface area contributed by atoms with Crippen LogP contribution in [0.3, 0.4) is 0 Å². The first kappa shape index (κ1) is 49.8. The van der Waals surface area contributed by atoms with Crippen molar-refractivity contribution in [3.63, 3.8) is 0 Å². The van der Waals surface area contributed by atoms with Crippen LogP contribution in [0.15, 0.2) is 73.1 Å². The minimum absolute atomic E-state index is 0.0155. The van der Waals surface area contributed by atoms with Gasteiger partial charge in [-0.15, -0.1) is 0 Å². The molecule has 0 saturated carbocycles. The molecule has 52 heavy (non-hydrogen) atoms. The van der Waals surface area contributed by atoms with E-state index in [-0.39, 0.29) is 38.8 Å². The van der Waals surface area contributed by atoms with Crippen LogP contribution in [0, 0.1) is 0 Å². The van der Waals surface area contributed by atoms with Crippen molar-refractivity contribution >= 4 is 13.8 Å². The number of phosphoric acid groups is 1. The quantitative estimate of drug-likeness (QED) is 0.0211. The van der Waals surface area contributed by atoms with Gasteiger partial charge in [-0.25, -0.2) is 4.57 Å². The third-order valence-electron chi connectivity index (χ3n) is 8.20. The lowest BCUT2D eigenvalue weighted by atomic mass is 10.0. The lowest BCUT2D eigenvalue weighted by molar-refractivity contribution is -0.153. The van der Waals surface area contributed by atoms with Gasteiger partial charge in [0.05, 0.1) is 19.5 Å². The zero-order chi connectivity index (χ0) is 38.1. The van der Waals surface area contributed by atoms with Crippen molar-refractivity contribution in [1.29, 1.82) is 0 Å². The Morgan fingerprint density at radius 2 is 1.10 bits per heavy atom. The summed E-state index contributed by atoms with van der Waals surface area (Å²) >= 11 is 0. The van der Waals surface area contributed by atoms with Crippen LogP contribution in [0.1, 0.15) is 162 Å². The Balaban J connectivity index is 4.20. The van der Waals surface area contributed by atoms with Crippen LogP contribution in [0.4, 0.5) is 0 Å². The number of ether oxygens (including phenoxy) is 2. The standard InChI is InChI=1S/C43H76NO7P/c1-3-5-7-9-11-13-15-17-19-20-21-22-23-24-26-28-30-32-34-36-43(45)51-42(41-50-52(46,47)49-39-37-44)40-48-38-35-33-31-29-27-25-18-16-14-12-10-8-6-4-2/h5,7,11,13,17,19,21-22,24,26,35,38,42H,3-4,6,8-10,12,14-16,18,20,23,25,27-34,36-37,39-41,44H2,1-2H3,(H,46,47). The molecule has 0 aromatic rings. The number of unbranched alkanes of at least 4 members (excludes halogenated alkanes) is 15. The molecule has 0 aliphatic rings. The van der Waals surface area contributed by atoms with Crippen LogP contribution in [-0.2, 0) is 27.9 Å². The molecule has 0 aromatic heterocycles. The van der Waals surface area contributed by atoms with E-state index in [4.69, 9.17) is 24.3 Å². The Morgan fingerprint density at radius 3 is 1.63 bits per heavy atom. The Hall–Kier alpha value is -2.22. The second kappa shape index (κ2) is 40.0. The zero-order valence-corrected chi connectivity index (χ0v) is 33.9. The van der Waals surface area contributed by atoms with Gasteiger partial charge in [0.25, 0.3) is 0 Å². The van der Waals surface area contributed by atoms with E-state index in [9.17, 15) is 14.3 Å². The highest BCUT2D eigenvalue weighted by molar-refractivity contribution is 7.47. The Labute approximate surface area is 318 Å². The monoisotopic (exact) mass is 750 g/mol. The summed E-state index contributed by atoms with van der Waals surface area (Å²) in [5.74, 6) is -0.386. The van der Waals surface area contributed by atoms with Crippen LogP contribution < -0.4 is 5.73 Å². The predicted octanol–water partition coefficient (Wildman–Crippen LogP) is 12.3. The highest BCUT2D eigenvalue weighted by Crippen LogP contribution is 2.43. The minimum Gasteiger partial charge on any atom is -0.498 e. The van der Waals surface area contributed by atoms with Crippen molar-refractivity contribution in [3.05, 3.63) is 73.1 Å². The predicted molar refractivity (Wildman–Crippen MR) is 219 cm³/mol. The highest BCUT2D eigenvalue weighted by Gasteiger charge is 2.25. The fourth-order valence-electron chi connectivity index (χ4n) is 5.22. The number of phosphoric ester groups is 1. The maximum absolute atomic E-state index is 12.5. The van der Waals surface area contributed by atoms with Gasteiger partial charge < -0.3 is 20.1 Å². The summed E-state index contributed by atoms with van der Waals surface area (Å²) < 4.78 is 33.1. The number of nitrogens with two attached hydrogens (primary N) is 1. The molecule has 0 fully saturated rings. The molecule has 3 N–H and O–H groups in total. The van der Waals surface area contributed by atoms with Gasteiger partial charge in [-0.05, 0) is 70.3 Å². The first-order valence-corrected chi connectivity index (χ1v) is 22.0. The van der Waals surface area contributed by atoms with Gasteiger partial charge in [-0.3, -0.25) is 13.8 Å². The number of carbonyl (C=O) groups is 1. The third-order valence-corrected chi connectivity index (χ3v) is 9.19. The smallest absolute Gasteiger partial charge is 0.472 e. The van der Waals surface area contributed by atoms with Crippen molar-refractivity contribution < 1.29 is 32.8 Å². The van der Waals surface area contributed by atoms with Crippen molar-refractivity contribution in [2.45, 2.75) is 168 Å². The number of esters is 1. The Kier molecular flexibility index (Phi) is 38.3. The van der Waals surface area contributed by atoms with Gasteiger partial charge in [0.1, 0.15) is 6.61 Å². The van der Waals surface area contributed by atoms with Gasteiger partial charge in [0.2, 0.25) is 0 Å². The van der Waals surface area contributed by atoms with E-state index in [2.05, 4.69) is 74.6 Å². The fraction of sp³-hybridized carbons (Fsp3) is 0.698. The van der Waals surface area contributed by atoms with E-state index in [0.717, 1.165) is 64.2 Å². The molecule has 0 aromatic carbocycles. The molecule has 0 amide bonds. The summed E-state index contributed by atoms with van der Waals surface area (Å²) in [4.78, 5) is 22.4. The van der Waals surface area contributed by atoms with E-state index >= 15 is 0 Å². The molecule has 2 atom stereocenters. The van der Waals surface area contributed by atoms with E-state index in [1.165, 1.54) is 70.6 Å². The van der Waals surface area contributed by atoms with Crippen LogP contribution in [-0.4, -0.2) is 43.3 Å². The van der Waals surface area contributed by atoms with Gasteiger partial charge in [0.15, 0.2) is 6.10 Å². The van der Waals surface area contributed by atoms with Crippen LogP contribution in [0.2, 0.25) is 0 Å². The van der Waals surface area contributed by atoms with Gasteiger partial charge >= 0.3 is 13.8 Å². The normalized spacial score (nSPS) is 14.2. The molecule has 2 unspecified atom stereocenters. The molecule has 0 spiro atoms. The molecule has 0 heterocycles. The second-order valence-electron chi connectivity index (χ2n) is 13.2. The maximum Gasteiger partial charge on any atom is 0.472 e. The lowest BCUT2D eigenvalue weighted by Crippen LogP contribution is -2.27. The number of rotatable bonds is 38. The van der Waals surface area contributed by atoms with Crippen LogP contribution >= 0.6 is 7.82 Å². The lowest BCUT2D eigenvalue weighted by Gasteiger charge is -2.19. The molecule has 9 heteroatoms. The molecule has 0 aliphatic heterocycles. The molecule has 0 bridgehead atoms. The first-order valence-electron chi connectivity index (χ1n) is 20.5. The van der Waals surface area contributed by atoms with Gasteiger partial charge in [-0.2, -0.15) is 0 Å². The average Bonchev–Trinajstić information content (AvgIpc) is 3.13. The molecular weight excluding hydrogens is 673 g/mol. The fourth-order valence-corrected chi connectivity index (χ4v) is 5.99. The summed E-state index contributed by atoms with van der Waals surface area (Å²) in [6, 6.07) is 0. The van der Waals surface area contributed by atoms with Crippen LogP contribution in [0.25, 0.3) is 0 Å². The molecule has 0 rings (SSSR count). The van der Waals surface area contributed by atoms with Gasteiger partial charge in [-0.1, -0.05) is 152 Å². The largest absolute Gasteiger partial charge is 0.498 e. The number of allylic oxidation sites excluding steroid dienone is 11. The van der Waals surface area contributed by atoms with E-state index in [0.29, 0.717) is 6.42 Å². The average molecular weight is 750 g/mol. The van der Waals surface area contributed by atoms with E-state index in [1.54, 1.807) is 6.26 Å². The van der Waals surface area contributed by atoms with Crippen molar-refractivity contribution in [2.24, 2.45) is 5.73 Å². The topological polar surface area (TPSA) is 117 Å². The van der Waals surface area contributed by atoms with Crippen molar-refractivity contribution in [3.8, 4) is 0 Å². The first-order chi connectivity index (χ1) is 25.4. The van der Waals surface area contributed by atoms with Crippen molar-refractivity contribution in [1.82, 2.24) is 0 Å².